The molecule has 3 heterocycles. The molecular weight excluding hydrogens is 278 g/mol. The number of fused-ring (bicyclic) bond motifs is 1. The molecule has 0 N–H and O–H groups in total. The smallest absolute Gasteiger partial charge is 0.153 e. The van der Waals surface area contributed by atoms with E-state index in [1.807, 2.05) is 0 Å². The van der Waals surface area contributed by atoms with Crippen molar-refractivity contribution >= 4 is 38.1 Å². The molecule has 96 valence electrons. The zero-order chi connectivity index (χ0) is 12.0. The number of thioether (sulfide) groups is 1. The predicted octanol–water partition coefficient (Wildman–Crippen LogP) is 0.665. The number of hydrogen-bond donors (Lipinski definition) is 0. The number of rotatable bonds is 2. The SMILES string of the molecule is O=S1(=O)C[C@H]2SC(=S)N(CC3CCCO3)[C@H]2C1. The van der Waals surface area contributed by atoms with Crippen molar-refractivity contribution in [1.82, 2.24) is 4.90 Å². The van der Waals surface area contributed by atoms with E-state index in [-0.39, 0.29) is 28.9 Å². The number of nitrogens with zero attached hydrogens (tertiary/aromatic N) is 1. The predicted molar refractivity (Wildman–Crippen MR) is 72.1 cm³/mol. The normalized spacial score (nSPS) is 39.9. The van der Waals surface area contributed by atoms with Gasteiger partial charge in [0.25, 0.3) is 0 Å². The fourth-order valence-corrected chi connectivity index (χ4v) is 7.14. The van der Waals surface area contributed by atoms with Crippen LogP contribution < -0.4 is 0 Å². The number of thiocarbonyl (C=S) groups is 1. The number of hydrogen-bond acceptors (Lipinski definition) is 5. The summed E-state index contributed by atoms with van der Waals surface area (Å²) in [4.78, 5) is 2.09. The van der Waals surface area contributed by atoms with Crippen molar-refractivity contribution in [1.29, 1.82) is 0 Å². The van der Waals surface area contributed by atoms with Crippen LogP contribution >= 0.6 is 24.0 Å². The minimum absolute atomic E-state index is 0.0849. The summed E-state index contributed by atoms with van der Waals surface area (Å²) in [5, 5.41) is 0.147. The molecule has 0 radical (unpaired) electrons. The molecule has 3 rings (SSSR count). The first-order valence-corrected chi connectivity index (χ1v) is 8.95. The van der Waals surface area contributed by atoms with E-state index in [4.69, 9.17) is 17.0 Å². The van der Waals surface area contributed by atoms with Crippen LogP contribution in [0, 0.1) is 0 Å². The molecule has 0 aromatic carbocycles. The maximum Gasteiger partial charge on any atom is 0.153 e. The Hall–Kier alpha value is 0.150. The molecule has 0 aliphatic carbocycles. The Morgan fingerprint density at radius 2 is 2.29 bits per heavy atom. The van der Waals surface area contributed by atoms with Crippen LogP contribution in [0.1, 0.15) is 12.8 Å². The summed E-state index contributed by atoms with van der Waals surface area (Å²) in [7, 11) is -2.86. The topological polar surface area (TPSA) is 46.6 Å². The van der Waals surface area contributed by atoms with E-state index in [1.165, 1.54) is 0 Å². The van der Waals surface area contributed by atoms with E-state index in [9.17, 15) is 8.42 Å². The van der Waals surface area contributed by atoms with Crippen molar-refractivity contribution in [3.63, 3.8) is 0 Å². The Balaban J connectivity index is 1.72. The summed E-state index contributed by atoms with van der Waals surface area (Å²) in [6.45, 7) is 1.59. The molecule has 0 aromatic heterocycles. The van der Waals surface area contributed by atoms with Crippen molar-refractivity contribution in [3.05, 3.63) is 0 Å². The van der Waals surface area contributed by atoms with Crippen molar-refractivity contribution < 1.29 is 13.2 Å². The first kappa shape index (κ1) is 12.2. The fraction of sp³-hybridized carbons (Fsp3) is 0.900. The average molecular weight is 293 g/mol. The second kappa shape index (κ2) is 4.36. The molecule has 3 atom stereocenters. The van der Waals surface area contributed by atoms with Crippen LogP contribution in [0.4, 0.5) is 0 Å². The zero-order valence-electron chi connectivity index (χ0n) is 9.37. The molecule has 7 heteroatoms. The van der Waals surface area contributed by atoms with Crippen LogP contribution in [-0.2, 0) is 14.6 Å². The van der Waals surface area contributed by atoms with Crippen LogP contribution in [0.2, 0.25) is 0 Å². The third-order valence-electron chi connectivity index (χ3n) is 3.58. The van der Waals surface area contributed by atoms with Crippen molar-refractivity contribution in [3.8, 4) is 0 Å². The third-order valence-corrected chi connectivity index (χ3v) is 7.25. The molecule has 3 aliphatic rings. The highest BCUT2D eigenvalue weighted by Crippen LogP contribution is 2.38. The Kier molecular flexibility index (Phi) is 3.13. The summed E-state index contributed by atoms with van der Waals surface area (Å²) < 4.78 is 29.7. The Bertz CT molecular complexity index is 430. The number of sulfone groups is 1. The lowest BCUT2D eigenvalue weighted by Gasteiger charge is -2.26. The minimum Gasteiger partial charge on any atom is -0.376 e. The summed E-state index contributed by atoms with van der Waals surface area (Å²) >= 11 is 6.90. The zero-order valence-corrected chi connectivity index (χ0v) is 11.8. The van der Waals surface area contributed by atoms with Gasteiger partial charge in [-0.1, -0.05) is 24.0 Å². The van der Waals surface area contributed by atoms with Crippen LogP contribution in [0.15, 0.2) is 0 Å². The lowest BCUT2D eigenvalue weighted by molar-refractivity contribution is 0.0874. The quantitative estimate of drug-likeness (QED) is 0.697. The molecule has 0 spiro atoms. The van der Waals surface area contributed by atoms with E-state index in [2.05, 4.69) is 4.90 Å². The summed E-state index contributed by atoms with van der Waals surface area (Å²) in [6, 6.07) is 0.0849. The Morgan fingerprint density at radius 1 is 1.47 bits per heavy atom. The molecule has 0 amide bonds. The lowest BCUT2D eigenvalue weighted by atomic mass is 10.2. The standard InChI is InChI=1S/C10H15NO3S3/c12-17(13)5-8-9(6-17)16-10(15)11(8)4-7-2-1-3-14-7/h7-9H,1-6H2/t7?,8-,9+/m0/s1. The molecule has 3 aliphatic heterocycles. The van der Waals surface area contributed by atoms with Gasteiger partial charge in [-0.2, -0.15) is 0 Å². The minimum atomic E-state index is -2.86. The third kappa shape index (κ3) is 2.34. The second-order valence-corrected chi connectivity index (χ2v) is 8.88. The summed E-state index contributed by atoms with van der Waals surface area (Å²) in [6.07, 6.45) is 2.40. The molecular formula is C10H15NO3S3. The van der Waals surface area contributed by atoms with Crippen LogP contribution in [0.3, 0.4) is 0 Å². The fourth-order valence-electron chi connectivity index (χ4n) is 2.75. The molecule has 1 unspecified atom stereocenters. The van der Waals surface area contributed by atoms with E-state index in [1.54, 1.807) is 11.8 Å². The van der Waals surface area contributed by atoms with Gasteiger partial charge in [0.1, 0.15) is 4.32 Å². The maximum absolute atomic E-state index is 11.6. The van der Waals surface area contributed by atoms with Gasteiger partial charge in [0.2, 0.25) is 0 Å². The van der Waals surface area contributed by atoms with Crippen LogP contribution in [0.25, 0.3) is 0 Å². The summed E-state index contributed by atoms with van der Waals surface area (Å²) in [5.41, 5.74) is 0. The molecule has 4 nitrogen and oxygen atoms in total. The highest BCUT2D eigenvalue weighted by atomic mass is 32.2. The highest BCUT2D eigenvalue weighted by molar-refractivity contribution is 8.24. The molecule has 0 saturated carbocycles. The van der Waals surface area contributed by atoms with Crippen LogP contribution in [-0.4, -0.2) is 59.7 Å². The van der Waals surface area contributed by atoms with Crippen molar-refractivity contribution in [2.75, 3.05) is 24.7 Å². The molecule has 17 heavy (non-hydrogen) atoms. The van der Waals surface area contributed by atoms with E-state index in [0.29, 0.717) is 0 Å². The largest absolute Gasteiger partial charge is 0.376 e. The Labute approximate surface area is 111 Å². The van der Waals surface area contributed by atoms with Gasteiger partial charge in [-0.05, 0) is 12.8 Å². The molecule has 0 aromatic rings. The van der Waals surface area contributed by atoms with Gasteiger partial charge >= 0.3 is 0 Å². The van der Waals surface area contributed by atoms with E-state index >= 15 is 0 Å². The van der Waals surface area contributed by atoms with Crippen molar-refractivity contribution in [2.24, 2.45) is 0 Å². The number of ether oxygens (including phenoxy) is 1. The van der Waals surface area contributed by atoms with Gasteiger partial charge < -0.3 is 9.64 Å². The lowest BCUT2D eigenvalue weighted by Crippen LogP contribution is -2.41. The van der Waals surface area contributed by atoms with Gasteiger partial charge in [-0.15, -0.1) is 0 Å². The van der Waals surface area contributed by atoms with Gasteiger partial charge in [0, 0.05) is 18.4 Å². The van der Waals surface area contributed by atoms with Gasteiger partial charge in [0.15, 0.2) is 9.84 Å². The second-order valence-electron chi connectivity index (χ2n) is 4.85. The first-order valence-electron chi connectivity index (χ1n) is 5.84. The summed E-state index contributed by atoms with van der Waals surface area (Å²) in [5.74, 6) is 0.544. The highest BCUT2D eigenvalue weighted by Gasteiger charge is 2.48. The monoisotopic (exact) mass is 293 g/mol. The Morgan fingerprint density at radius 3 is 3.00 bits per heavy atom. The molecule has 0 bridgehead atoms. The van der Waals surface area contributed by atoms with Crippen LogP contribution in [0.5, 0.6) is 0 Å². The average Bonchev–Trinajstić information content (AvgIpc) is 2.87. The van der Waals surface area contributed by atoms with Crippen molar-refractivity contribution in [2.45, 2.75) is 30.2 Å². The maximum atomic E-state index is 11.6. The first-order chi connectivity index (χ1) is 8.05. The van der Waals surface area contributed by atoms with Gasteiger partial charge in [0.05, 0.1) is 23.7 Å². The molecule has 3 fully saturated rings. The van der Waals surface area contributed by atoms with Gasteiger partial charge in [-0.3, -0.25) is 0 Å². The van der Waals surface area contributed by atoms with Gasteiger partial charge in [-0.25, -0.2) is 8.42 Å². The van der Waals surface area contributed by atoms with E-state index in [0.717, 1.165) is 30.3 Å². The molecule has 3 saturated heterocycles. The van der Waals surface area contributed by atoms with E-state index < -0.39 is 9.84 Å².